The largest absolute Gasteiger partial charge is 0.326 e. The molecule has 1 heterocycles. The SMILES string of the molecule is Cc1ccc(C)c(-n2ncc(CN)c2C(C)C)c1. The number of hydrogen-bond donors (Lipinski definition) is 1. The highest BCUT2D eigenvalue weighted by atomic mass is 15.3. The Bertz CT molecular complexity index is 553. The van der Waals surface area contributed by atoms with Crippen molar-refractivity contribution in [1.82, 2.24) is 9.78 Å². The minimum Gasteiger partial charge on any atom is -0.326 e. The molecule has 0 saturated heterocycles. The summed E-state index contributed by atoms with van der Waals surface area (Å²) in [6, 6.07) is 6.44. The van der Waals surface area contributed by atoms with Gasteiger partial charge in [-0.3, -0.25) is 0 Å². The Morgan fingerprint density at radius 1 is 1.28 bits per heavy atom. The van der Waals surface area contributed by atoms with Crippen molar-refractivity contribution in [3.05, 3.63) is 46.8 Å². The van der Waals surface area contributed by atoms with Gasteiger partial charge in [0.1, 0.15) is 0 Å². The lowest BCUT2D eigenvalue weighted by Crippen LogP contribution is -2.09. The van der Waals surface area contributed by atoms with Crippen molar-refractivity contribution >= 4 is 0 Å². The standard InChI is InChI=1S/C15H21N3/c1-10(2)15-13(8-16)9-17-18(15)14-7-11(3)5-6-12(14)4/h5-7,9-10H,8,16H2,1-4H3. The van der Waals surface area contributed by atoms with Crippen LogP contribution in [0.3, 0.4) is 0 Å². The van der Waals surface area contributed by atoms with Crippen LogP contribution in [0.25, 0.3) is 5.69 Å². The minimum absolute atomic E-state index is 0.408. The summed E-state index contributed by atoms with van der Waals surface area (Å²) in [5.74, 6) is 0.408. The Hall–Kier alpha value is -1.61. The van der Waals surface area contributed by atoms with E-state index in [4.69, 9.17) is 5.73 Å². The van der Waals surface area contributed by atoms with Gasteiger partial charge in [-0.1, -0.05) is 26.0 Å². The molecule has 0 amide bonds. The predicted molar refractivity (Wildman–Crippen MR) is 75.0 cm³/mol. The molecule has 0 bridgehead atoms. The van der Waals surface area contributed by atoms with E-state index in [-0.39, 0.29) is 0 Å². The van der Waals surface area contributed by atoms with Gasteiger partial charge >= 0.3 is 0 Å². The van der Waals surface area contributed by atoms with Crippen LogP contribution in [0.1, 0.15) is 42.1 Å². The molecule has 18 heavy (non-hydrogen) atoms. The zero-order chi connectivity index (χ0) is 13.3. The van der Waals surface area contributed by atoms with Crippen molar-refractivity contribution in [3.8, 4) is 5.69 Å². The normalized spacial score (nSPS) is 11.2. The van der Waals surface area contributed by atoms with Crippen LogP contribution in [0.15, 0.2) is 24.4 Å². The van der Waals surface area contributed by atoms with Gasteiger partial charge < -0.3 is 5.73 Å². The number of benzene rings is 1. The van der Waals surface area contributed by atoms with Crippen molar-refractivity contribution in [2.24, 2.45) is 5.73 Å². The molecule has 0 aliphatic carbocycles. The summed E-state index contributed by atoms with van der Waals surface area (Å²) in [4.78, 5) is 0. The van der Waals surface area contributed by atoms with E-state index in [2.05, 4.69) is 51.0 Å². The maximum atomic E-state index is 5.79. The van der Waals surface area contributed by atoms with Crippen LogP contribution in [0, 0.1) is 13.8 Å². The van der Waals surface area contributed by atoms with Gasteiger partial charge in [-0.25, -0.2) is 4.68 Å². The van der Waals surface area contributed by atoms with Gasteiger partial charge in [0.15, 0.2) is 0 Å². The Labute approximate surface area is 109 Å². The smallest absolute Gasteiger partial charge is 0.0680 e. The molecule has 2 aromatic rings. The zero-order valence-electron chi connectivity index (χ0n) is 11.6. The van der Waals surface area contributed by atoms with Crippen molar-refractivity contribution in [1.29, 1.82) is 0 Å². The fourth-order valence-electron chi connectivity index (χ4n) is 2.30. The highest BCUT2D eigenvalue weighted by Gasteiger charge is 2.15. The van der Waals surface area contributed by atoms with Crippen LogP contribution in [-0.2, 0) is 6.54 Å². The summed E-state index contributed by atoms with van der Waals surface area (Å²) >= 11 is 0. The van der Waals surface area contributed by atoms with Crippen LogP contribution in [-0.4, -0.2) is 9.78 Å². The molecule has 1 aromatic heterocycles. The summed E-state index contributed by atoms with van der Waals surface area (Å²) in [7, 11) is 0. The number of nitrogens with two attached hydrogens (primary N) is 1. The van der Waals surface area contributed by atoms with Gasteiger partial charge in [-0.15, -0.1) is 0 Å². The molecule has 3 nitrogen and oxygen atoms in total. The summed E-state index contributed by atoms with van der Waals surface area (Å²) < 4.78 is 2.04. The predicted octanol–water partition coefficient (Wildman–Crippen LogP) is 3.07. The number of rotatable bonds is 3. The first-order valence-corrected chi connectivity index (χ1v) is 6.39. The monoisotopic (exact) mass is 243 g/mol. The maximum Gasteiger partial charge on any atom is 0.0680 e. The lowest BCUT2D eigenvalue weighted by molar-refractivity contribution is 0.722. The number of aromatic nitrogens is 2. The summed E-state index contributed by atoms with van der Waals surface area (Å²) in [5, 5.41) is 4.52. The van der Waals surface area contributed by atoms with Crippen LogP contribution < -0.4 is 5.73 Å². The van der Waals surface area contributed by atoms with E-state index in [0.29, 0.717) is 12.5 Å². The Morgan fingerprint density at radius 2 is 2.00 bits per heavy atom. The van der Waals surface area contributed by atoms with Gasteiger partial charge in [0, 0.05) is 12.1 Å². The molecule has 0 fully saturated rings. The molecule has 3 heteroatoms. The van der Waals surface area contributed by atoms with E-state index in [1.165, 1.54) is 16.8 Å². The van der Waals surface area contributed by atoms with Crippen molar-refractivity contribution in [2.45, 2.75) is 40.2 Å². The molecule has 0 spiro atoms. The molecule has 2 N–H and O–H groups in total. The molecule has 0 radical (unpaired) electrons. The van der Waals surface area contributed by atoms with E-state index in [1.807, 2.05) is 10.9 Å². The van der Waals surface area contributed by atoms with Crippen LogP contribution in [0.2, 0.25) is 0 Å². The van der Waals surface area contributed by atoms with E-state index in [0.717, 1.165) is 11.3 Å². The van der Waals surface area contributed by atoms with Crippen molar-refractivity contribution in [3.63, 3.8) is 0 Å². The average Bonchev–Trinajstić information content (AvgIpc) is 2.75. The number of nitrogens with zero attached hydrogens (tertiary/aromatic N) is 2. The van der Waals surface area contributed by atoms with Crippen LogP contribution in [0.4, 0.5) is 0 Å². The second-order valence-corrected chi connectivity index (χ2v) is 5.12. The molecule has 1 aromatic carbocycles. The molecule has 2 rings (SSSR count). The molecule has 0 aliphatic heterocycles. The maximum absolute atomic E-state index is 5.79. The minimum atomic E-state index is 0.408. The molecule has 0 unspecified atom stereocenters. The first-order chi connectivity index (χ1) is 8.54. The Balaban J connectivity index is 2.63. The van der Waals surface area contributed by atoms with Crippen molar-refractivity contribution < 1.29 is 0 Å². The lowest BCUT2D eigenvalue weighted by Gasteiger charge is -2.14. The third-order valence-corrected chi connectivity index (χ3v) is 3.25. The highest BCUT2D eigenvalue weighted by Crippen LogP contribution is 2.25. The molecular weight excluding hydrogens is 222 g/mol. The van der Waals surface area contributed by atoms with E-state index in [9.17, 15) is 0 Å². The third kappa shape index (κ3) is 2.18. The van der Waals surface area contributed by atoms with E-state index >= 15 is 0 Å². The fourth-order valence-corrected chi connectivity index (χ4v) is 2.30. The fraction of sp³-hybridized carbons (Fsp3) is 0.400. The van der Waals surface area contributed by atoms with Gasteiger partial charge in [-0.2, -0.15) is 5.10 Å². The summed E-state index contributed by atoms with van der Waals surface area (Å²) in [6.45, 7) is 9.11. The molecular formula is C15H21N3. The van der Waals surface area contributed by atoms with Gasteiger partial charge in [0.2, 0.25) is 0 Å². The van der Waals surface area contributed by atoms with Gasteiger partial charge in [-0.05, 0) is 37.0 Å². The second-order valence-electron chi connectivity index (χ2n) is 5.12. The summed E-state index contributed by atoms with van der Waals surface area (Å²) in [6.07, 6.45) is 1.89. The number of hydrogen-bond acceptors (Lipinski definition) is 2. The number of aryl methyl sites for hydroxylation is 2. The first-order valence-electron chi connectivity index (χ1n) is 6.39. The van der Waals surface area contributed by atoms with Crippen molar-refractivity contribution in [2.75, 3.05) is 0 Å². The van der Waals surface area contributed by atoms with E-state index < -0.39 is 0 Å². The summed E-state index contributed by atoms with van der Waals surface area (Å²) in [5.41, 5.74) is 11.8. The zero-order valence-corrected chi connectivity index (χ0v) is 11.6. The average molecular weight is 243 g/mol. The van der Waals surface area contributed by atoms with Crippen LogP contribution >= 0.6 is 0 Å². The Morgan fingerprint density at radius 3 is 2.61 bits per heavy atom. The lowest BCUT2D eigenvalue weighted by atomic mass is 10.0. The molecule has 0 atom stereocenters. The second kappa shape index (κ2) is 4.94. The van der Waals surface area contributed by atoms with E-state index in [1.54, 1.807) is 0 Å². The van der Waals surface area contributed by atoms with Gasteiger partial charge in [0.25, 0.3) is 0 Å². The molecule has 0 saturated carbocycles. The van der Waals surface area contributed by atoms with Gasteiger partial charge in [0.05, 0.1) is 17.6 Å². The topological polar surface area (TPSA) is 43.8 Å². The first kappa shape index (κ1) is 12.8. The van der Waals surface area contributed by atoms with Crippen LogP contribution in [0.5, 0.6) is 0 Å². The Kier molecular flexibility index (Phi) is 3.53. The third-order valence-electron chi connectivity index (χ3n) is 3.25. The molecule has 0 aliphatic rings. The highest BCUT2D eigenvalue weighted by molar-refractivity contribution is 5.45. The quantitative estimate of drug-likeness (QED) is 0.900. The molecule has 96 valence electrons.